The molecule has 0 aliphatic carbocycles. The summed E-state index contributed by atoms with van der Waals surface area (Å²) in [6.45, 7) is 2.49. The maximum atomic E-state index is 11.8. The highest BCUT2D eigenvalue weighted by atomic mass is 127. The number of hydrogen-bond acceptors (Lipinski definition) is 4. The predicted molar refractivity (Wildman–Crippen MR) is 140 cm³/mol. The first-order valence-electron chi connectivity index (χ1n) is 10.7. The van der Waals surface area contributed by atoms with Crippen molar-refractivity contribution in [3.8, 4) is 6.07 Å². The van der Waals surface area contributed by atoms with Crippen molar-refractivity contribution in [2.45, 2.75) is 25.3 Å². The van der Waals surface area contributed by atoms with Crippen LogP contribution < -0.4 is 20.9 Å². The number of aliphatic imine (C=N–C) groups is 1. The van der Waals surface area contributed by atoms with Crippen molar-refractivity contribution in [2.75, 3.05) is 38.6 Å². The zero-order valence-corrected chi connectivity index (χ0v) is 20.9. The number of benzene rings is 2. The molecule has 8 heteroatoms. The Morgan fingerprint density at radius 1 is 1.25 bits per heavy atom. The van der Waals surface area contributed by atoms with E-state index in [4.69, 9.17) is 0 Å². The Morgan fingerprint density at radius 2 is 2.06 bits per heavy atom. The van der Waals surface area contributed by atoms with Crippen molar-refractivity contribution < 1.29 is 4.79 Å². The molecule has 0 bridgehead atoms. The first kappa shape index (κ1) is 25.5. The Balaban J connectivity index is 0.00000363. The van der Waals surface area contributed by atoms with Crippen molar-refractivity contribution in [1.29, 1.82) is 5.26 Å². The summed E-state index contributed by atoms with van der Waals surface area (Å²) in [4.78, 5) is 18.4. The number of hydrogen-bond donors (Lipinski definition) is 3. The van der Waals surface area contributed by atoms with Gasteiger partial charge in [-0.05, 0) is 49.1 Å². The Bertz CT molecular complexity index is 971. The minimum atomic E-state index is -0.0768. The molecular weight excluding hydrogens is 515 g/mol. The van der Waals surface area contributed by atoms with E-state index >= 15 is 0 Å². The van der Waals surface area contributed by atoms with Crippen molar-refractivity contribution in [3.63, 3.8) is 0 Å². The molecule has 1 aliphatic rings. The molecule has 170 valence electrons. The van der Waals surface area contributed by atoms with Crippen LogP contribution in [0.4, 0.5) is 5.69 Å². The van der Waals surface area contributed by atoms with Crippen LogP contribution in [0, 0.1) is 11.3 Å². The quantitative estimate of drug-likeness (QED) is 0.295. The average molecular weight is 546 g/mol. The lowest BCUT2D eigenvalue weighted by Crippen LogP contribution is -2.51. The van der Waals surface area contributed by atoms with Crippen LogP contribution in [-0.4, -0.2) is 51.6 Å². The number of halogens is 1. The topological polar surface area (TPSA) is 92.5 Å². The summed E-state index contributed by atoms with van der Waals surface area (Å²) in [7, 11) is 3.41. The van der Waals surface area contributed by atoms with Gasteiger partial charge in [0.15, 0.2) is 5.96 Å². The summed E-state index contributed by atoms with van der Waals surface area (Å²) < 4.78 is 0. The molecule has 2 aromatic rings. The molecule has 3 N–H and O–H groups in total. The lowest BCUT2D eigenvalue weighted by Gasteiger charge is -2.35. The number of rotatable bonds is 6. The first-order valence-corrected chi connectivity index (χ1v) is 10.7. The Morgan fingerprint density at radius 3 is 2.81 bits per heavy atom. The number of piperidine rings is 1. The minimum Gasteiger partial charge on any atom is -0.368 e. The zero-order chi connectivity index (χ0) is 22.1. The van der Waals surface area contributed by atoms with E-state index in [1.165, 1.54) is 0 Å². The van der Waals surface area contributed by atoms with Crippen molar-refractivity contribution in [1.82, 2.24) is 16.0 Å². The number of nitrogens with one attached hydrogen (secondary N) is 3. The number of nitrogens with zero attached hydrogens (tertiary/aromatic N) is 3. The van der Waals surface area contributed by atoms with E-state index in [0.717, 1.165) is 49.6 Å². The van der Waals surface area contributed by atoms with E-state index in [9.17, 15) is 10.1 Å². The number of guanidine groups is 1. The van der Waals surface area contributed by atoms with Gasteiger partial charge in [-0.1, -0.05) is 24.3 Å². The van der Waals surface area contributed by atoms with Gasteiger partial charge in [0, 0.05) is 45.3 Å². The van der Waals surface area contributed by atoms with Crippen molar-refractivity contribution in [3.05, 3.63) is 65.2 Å². The molecule has 1 unspecified atom stereocenters. The van der Waals surface area contributed by atoms with E-state index in [-0.39, 0.29) is 35.9 Å². The standard InChI is InChI=1S/C24H30N6O.HI/c1-26-23(31)19-9-5-7-18(15-19)12-13-28-24(27-2)29-21-10-6-14-30(17-21)22-11-4-3-8-20(22)16-25;/h3-5,7-9,11,15,21H,6,10,12-14,17H2,1-2H3,(H,26,31)(H2,27,28,29);1H. The summed E-state index contributed by atoms with van der Waals surface area (Å²) in [5.74, 6) is 0.690. The van der Waals surface area contributed by atoms with Crippen LogP contribution in [0.3, 0.4) is 0 Å². The molecule has 1 amide bonds. The molecule has 7 nitrogen and oxygen atoms in total. The molecule has 1 saturated heterocycles. The average Bonchev–Trinajstić information content (AvgIpc) is 2.83. The number of amides is 1. The van der Waals surface area contributed by atoms with Crippen molar-refractivity contribution in [2.24, 2.45) is 4.99 Å². The zero-order valence-electron chi connectivity index (χ0n) is 18.6. The van der Waals surface area contributed by atoms with Crippen LogP contribution in [0.1, 0.15) is 34.3 Å². The lowest BCUT2D eigenvalue weighted by atomic mass is 10.0. The molecule has 0 saturated carbocycles. The van der Waals surface area contributed by atoms with E-state index < -0.39 is 0 Å². The highest BCUT2D eigenvalue weighted by Gasteiger charge is 2.22. The maximum Gasteiger partial charge on any atom is 0.251 e. The van der Waals surface area contributed by atoms with E-state index in [2.05, 4.69) is 31.9 Å². The minimum absolute atomic E-state index is 0. The normalized spacial score (nSPS) is 15.8. The van der Waals surface area contributed by atoms with Gasteiger partial charge >= 0.3 is 0 Å². The van der Waals surface area contributed by atoms with E-state index in [1.807, 2.05) is 48.5 Å². The summed E-state index contributed by atoms with van der Waals surface area (Å²) in [5.41, 5.74) is 3.48. The van der Waals surface area contributed by atoms with Gasteiger partial charge in [0.05, 0.1) is 11.3 Å². The molecule has 32 heavy (non-hydrogen) atoms. The molecule has 2 aromatic carbocycles. The fourth-order valence-corrected chi connectivity index (χ4v) is 3.88. The highest BCUT2D eigenvalue weighted by Crippen LogP contribution is 2.23. The van der Waals surface area contributed by atoms with Gasteiger partial charge in [0.25, 0.3) is 5.91 Å². The summed E-state index contributed by atoms with van der Waals surface area (Å²) >= 11 is 0. The first-order chi connectivity index (χ1) is 15.1. The SMILES string of the molecule is CN=C(NCCc1cccc(C(=O)NC)c1)NC1CCCN(c2ccccc2C#N)C1.I. The lowest BCUT2D eigenvalue weighted by molar-refractivity contribution is 0.0963. The summed E-state index contributed by atoms with van der Waals surface area (Å²) in [5, 5.41) is 19.0. The van der Waals surface area contributed by atoms with Gasteiger partial charge in [-0.3, -0.25) is 9.79 Å². The van der Waals surface area contributed by atoms with Crippen LogP contribution in [0.15, 0.2) is 53.5 Å². The number of carbonyl (C=O) groups excluding carboxylic acids is 1. The third-order valence-corrected chi connectivity index (χ3v) is 5.47. The highest BCUT2D eigenvalue weighted by molar-refractivity contribution is 14.0. The van der Waals surface area contributed by atoms with Gasteiger partial charge in [-0.15, -0.1) is 24.0 Å². The Hall–Kier alpha value is -2.80. The van der Waals surface area contributed by atoms with Gasteiger partial charge in [0.1, 0.15) is 6.07 Å². The molecule has 1 fully saturated rings. The van der Waals surface area contributed by atoms with E-state index in [0.29, 0.717) is 17.7 Å². The molecule has 0 aromatic heterocycles. The Kier molecular flexibility index (Phi) is 10.3. The van der Waals surface area contributed by atoms with Crippen LogP contribution in [0.25, 0.3) is 0 Å². The number of carbonyl (C=O) groups is 1. The Labute approximate surface area is 207 Å². The van der Waals surface area contributed by atoms with Crippen LogP contribution in [0.5, 0.6) is 0 Å². The second kappa shape index (κ2) is 12.9. The van der Waals surface area contributed by atoms with Gasteiger partial charge in [-0.25, -0.2) is 0 Å². The van der Waals surface area contributed by atoms with Gasteiger partial charge in [-0.2, -0.15) is 5.26 Å². The summed E-state index contributed by atoms with van der Waals surface area (Å²) in [6.07, 6.45) is 2.90. The molecular formula is C24H31IN6O. The van der Waals surface area contributed by atoms with Gasteiger partial charge < -0.3 is 20.9 Å². The van der Waals surface area contributed by atoms with Crippen molar-refractivity contribution >= 4 is 41.5 Å². The largest absolute Gasteiger partial charge is 0.368 e. The van der Waals surface area contributed by atoms with Crippen LogP contribution in [-0.2, 0) is 6.42 Å². The third-order valence-electron chi connectivity index (χ3n) is 5.47. The smallest absolute Gasteiger partial charge is 0.251 e. The molecule has 3 rings (SSSR count). The molecule has 0 spiro atoms. The monoisotopic (exact) mass is 546 g/mol. The molecule has 1 atom stereocenters. The number of para-hydroxylation sites is 1. The maximum absolute atomic E-state index is 11.8. The summed E-state index contributed by atoms with van der Waals surface area (Å²) in [6, 6.07) is 18.0. The number of anilines is 1. The third kappa shape index (κ3) is 6.85. The number of nitriles is 1. The van der Waals surface area contributed by atoms with Gasteiger partial charge in [0.2, 0.25) is 0 Å². The van der Waals surface area contributed by atoms with Crippen LogP contribution in [0.2, 0.25) is 0 Å². The fraction of sp³-hybridized carbons (Fsp3) is 0.375. The second-order valence-electron chi connectivity index (χ2n) is 7.59. The molecule has 0 radical (unpaired) electrons. The van der Waals surface area contributed by atoms with E-state index in [1.54, 1.807) is 14.1 Å². The predicted octanol–water partition coefficient (Wildman–Crippen LogP) is 2.91. The van der Waals surface area contributed by atoms with Crippen LogP contribution >= 0.6 is 24.0 Å². The molecule has 1 heterocycles. The second-order valence-corrected chi connectivity index (χ2v) is 7.59. The fourth-order valence-electron chi connectivity index (χ4n) is 3.88. The molecule has 1 aliphatic heterocycles.